The molecule has 2 atom stereocenters. The van der Waals surface area contributed by atoms with Gasteiger partial charge >= 0.3 is 0 Å². The van der Waals surface area contributed by atoms with Crippen LogP contribution in [0.25, 0.3) is 0 Å². The Morgan fingerprint density at radius 3 is 1.69 bits per heavy atom. The highest BCUT2D eigenvalue weighted by atomic mass is 16.5. The second-order valence-electron chi connectivity index (χ2n) is 2.94. The molecule has 1 rings (SSSR count). The van der Waals surface area contributed by atoms with Crippen LogP contribution in [0.3, 0.4) is 0 Å². The first-order valence-electron chi connectivity index (χ1n) is 4.44. The maximum absolute atomic E-state index is 8.92. The molecule has 1 aliphatic carbocycles. The van der Waals surface area contributed by atoms with Crippen LogP contribution < -0.4 is 0 Å². The fourth-order valence-corrected chi connectivity index (χ4v) is 1.21. The van der Waals surface area contributed by atoms with E-state index in [1.54, 1.807) is 0 Å². The minimum atomic E-state index is -0.237. The van der Waals surface area contributed by atoms with Crippen LogP contribution in [0.2, 0.25) is 0 Å². The third kappa shape index (κ3) is 7.56. The van der Waals surface area contributed by atoms with Gasteiger partial charge in [-0.2, -0.15) is 0 Å². The van der Waals surface area contributed by atoms with Crippen molar-refractivity contribution in [3.63, 3.8) is 0 Å². The second-order valence-corrected chi connectivity index (χ2v) is 2.94. The number of aliphatic hydroxyl groups excluding tert-OH is 2. The van der Waals surface area contributed by atoms with Crippen molar-refractivity contribution in [3.8, 4) is 0 Å². The lowest BCUT2D eigenvalue weighted by molar-refractivity contribution is 0.0406. The van der Waals surface area contributed by atoms with Crippen LogP contribution in [-0.2, 0) is 4.74 Å². The average molecular weight is 186 g/mol. The van der Waals surface area contributed by atoms with Crippen LogP contribution >= 0.6 is 0 Å². The van der Waals surface area contributed by atoms with Gasteiger partial charge in [0, 0.05) is 0 Å². The third-order valence-corrected chi connectivity index (χ3v) is 1.81. The SMILES string of the molecule is C=COC=C.OC1CCCC(O)C1. The highest BCUT2D eigenvalue weighted by molar-refractivity contribution is 4.69. The molecule has 1 aliphatic rings. The summed E-state index contributed by atoms with van der Waals surface area (Å²) in [4.78, 5) is 0. The Morgan fingerprint density at radius 2 is 1.54 bits per heavy atom. The van der Waals surface area contributed by atoms with Crippen LogP contribution in [0.5, 0.6) is 0 Å². The zero-order valence-corrected chi connectivity index (χ0v) is 7.85. The molecule has 0 saturated heterocycles. The van der Waals surface area contributed by atoms with E-state index in [9.17, 15) is 0 Å². The van der Waals surface area contributed by atoms with E-state index in [-0.39, 0.29) is 12.2 Å². The predicted octanol–water partition coefficient (Wildman–Crippen LogP) is 1.57. The molecule has 0 amide bonds. The molecule has 0 radical (unpaired) electrons. The number of aliphatic hydroxyl groups is 2. The zero-order chi connectivity index (χ0) is 10.1. The molecule has 0 spiro atoms. The van der Waals surface area contributed by atoms with Crippen molar-refractivity contribution in [2.75, 3.05) is 0 Å². The van der Waals surface area contributed by atoms with E-state index < -0.39 is 0 Å². The van der Waals surface area contributed by atoms with Crippen LogP contribution in [0.1, 0.15) is 25.7 Å². The minimum absolute atomic E-state index is 0.237. The van der Waals surface area contributed by atoms with E-state index in [1.807, 2.05) is 0 Å². The van der Waals surface area contributed by atoms with E-state index in [0.29, 0.717) is 6.42 Å². The summed E-state index contributed by atoms with van der Waals surface area (Å²) in [7, 11) is 0. The number of ether oxygens (including phenoxy) is 1. The van der Waals surface area contributed by atoms with Gasteiger partial charge in [0.1, 0.15) is 0 Å². The molecule has 0 aliphatic heterocycles. The van der Waals surface area contributed by atoms with E-state index in [2.05, 4.69) is 17.9 Å². The highest BCUT2D eigenvalue weighted by Gasteiger charge is 2.16. The van der Waals surface area contributed by atoms with Crippen molar-refractivity contribution in [3.05, 3.63) is 25.7 Å². The van der Waals surface area contributed by atoms with E-state index in [1.165, 1.54) is 12.5 Å². The molecule has 0 aromatic rings. The van der Waals surface area contributed by atoms with Crippen molar-refractivity contribution in [1.29, 1.82) is 0 Å². The predicted molar refractivity (Wildman–Crippen MR) is 52.0 cm³/mol. The molecule has 76 valence electrons. The number of hydrogen-bond acceptors (Lipinski definition) is 3. The average Bonchev–Trinajstić information content (AvgIpc) is 2.06. The monoisotopic (exact) mass is 186 g/mol. The molecule has 0 aromatic heterocycles. The van der Waals surface area contributed by atoms with Gasteiger partial charge < -0.3 is 14.9 Å². The Kier molecular flexibility index (Phi) is 7.35. The molecule has 2 unspecified atom stereocenters. The lowest BCUT2D eigenvalue weighted by Gasteiger charge is -2.20. The van der Waals surface area contributed by atoms with Gasteiger partial charge in [-0.25, -0.2) is 0 Å². The van der Waals surface area contributed by atoms with Crippen LogP contribution in [-0.4, -0.2) is 22.4 Å². The van der Waals surface area contributed by atoms with Gasteiger partial charge in [0.15, 0.2) is 0 Å². The lowest BCUT2D eigenvalue weighted by atomic mass is 9.95. The lowest BCUT2D eigenvalue weighted by Crippen LogP contribution is -2.22. The Bertz CT molecular complexity index is 131. The quantitative estimate of drug-likeness (QED) is 0.644. The summed E-state index contributed by atoms with van der Waals surface area (Å²) >= 11 is 0. The van der Waals surface area contributed by atoms with Gasteiger partial charge in [-0.15, -0.1) is 0 Å². The molecule has 0 aromatic carbocycles. The van der Waals surface area contributed by atoms with Crippen molar-refractivity contribution in [2.45, 2.75) is 37.9 Å². The van der Waals surface area contributed by atoms with Gasteiger partial charge in [-0.05, 0) is 25.7 Å². The van der Waals surface area contributed by atoms with Crippen LogP contribution in [0.15, 0.2) is 25.7 Å². The Balaban J connectivity index is 0.000000252. The van der Waals surface area contributed by atoms with E-state index in [4.69, 9.17) is 10.2 Å². The summed E-state index contributed by atoms with van der Waals surface area (Å²) in [5, 5.41) is 17.8. The van der Waals surface area contributed by atoms with Gasteiger partial charge in [0.2, 0.25) is 0 Å². The Morgan fingerprint density at radius 1 is 1.08 bits per heavy atom. The maximum atomic E-state index is 8.92. The molecule has 0 bridgehead atoms. The molecule has 3 heteroatoms. The van der Waals surface area contributed by atoms with Crippen molar-refractivity contribution >= 4 is 0 Å². The largest absolute Gasteiger partial charge is 0.474 e. The van der Waals surface area contributed by atoms with Gasteiger partial charge in [0.25, 0.3) is 0 Å². The zero-order valence-electron chi connectivity index (χ0n) is 7.85. The maximum Gasteiger partial charge on any atom is 0.0829 e. The normalized spacial score (nSPS) is 26.6. The summed E-state index contributed by atoms with van der Waals surface area (Å²) in [5.41, 5.74) is 0. The Hall–Kier alpha value is -0.800. The summed E-state index contributed by atoms with van der Waals surface area (Å²) < 4.78 is 4.36. The summed E-state index contributed by atoms with van der Waals surface area (Å²) in [5.74, 6) is 0. The third-order valence-electron chi connectivity index (χ3n) is 1.81. The molecule has 1 fully saturated rings. The standard InChI is InChI=1S/C6H12O2.C4H6O/c7-5-2-1-3-6(8)4-5;1-3-5-4-2/h5-8H,1-4H2;3-4H,1-2H2. The first kappa shape index (κ1) is 12.2. The van der Waals surface area contributed by atoms with E-state index >= 15 is 0 Å². The second kappa shape index (κ2) is 7.83. The van der Waals surface area contributed by atoms with Crippen molar-refractivity contribution in [1.82, 2.24) is 0 Å². The summed E-state index contributed by atoms with van der Waals surface area (Å²) in [6.07, 6.45) is 5.45. The van der Waals surface area contributed by atoms with Crippen LogP contribution in [0.4, 0.5) is 0 Å². The summed E-state index contributed by atoms with van der Waals surface area (Å²) in [6, 6.07) is 0. The fraction of sp³-hybridized carbons (Fsp3) is 0.600. The Labute approximate surface area is 79.3 Å². The van der Waals surface area contributed by atoms with Gasteiger partial charge in [-0.3, -0.25) is 0 Å². The minimum Gasteiger partial charge on any atom is -0.474 e. The van der Waals surface area contributed by atoms with E-state index in [0.717, 1.165) is 19.3 Å². The molecular formula is C10H18O3. The molecule has 0 heterocycles. The molecule has 13 heavy (non-hydrogen) atoms. The van der Waals surface area contributed by atoms with Crippen LogP contribution in [0, 0.1) is 0 Å². The van der Waals surface area contributed by atoms with Gasteiger partial charge in [-0.1, -0.05) is 13.2 Å². The molecular weight excluding hydrogens is 168 g/mol. The summed E-state index contributed by atoms with van der Waals surface area (Å²) in [6.45, 7) is 6.51. The molecule has 2 N–H and O–H groups in total. The van der Waals surface area contributed by atoms with Crippen molar-refractivity contribution < 1.29 is 14.9 Å². The van der Waals surface area contributed by atoms with Gasteiger partial charge in [0.05, 0.1) is 24.7 Å². The molecule has 1 saturated carbocycles. The fourth-order valence-electron chi connectivity index (χ4n) is 1.21. The topological polar surface area (TPSA) is 49.7 Å². The number of hydrogen-bond donors (Lipinski definition) is 2. The molecule has 3 nitrogen and oxygen atoms in total. The first-order valence-corrected chi connectivity index (χ1v) is 4.44. The number of rotatable bonds is 2. The highest BCUT2D eigenvalue weighted by Crippen LogP contribution is 2.17. The smallest absolute Gasteiger partial charge is 0.0829 e. The first-order chi connectivity index (χ1) is 6.20. The van der Waals surface area contributed by atoms with Crippen molar-refractivity contribution in [2.24, 2.45) is 0 Å².